The van der Waals surface area contributed by atoms with Crippen molar-refractivity contribution in [1.82, 2.24) is 14.1 Å². The molecule has 2 heterocycles. The van der Waals surface area contributed by atoms with Crippen LogP contribution in [-0.2, 0) is 0 Å². The number of aromatic nitrogens is 2. The van der Waals surface area contributed by atoms with Crippen LogP contribution in [-0.4, -0.2) is 15.3 Å². The van der Waals surface area contributed by atoms with Crippen molar-refractivity contribution < 1.29 is 4.42 Å². The maximum absolute atomic E-state index is 6.31. The molecule has 3 aromatic rings. The SMILES string of the molecule is CCNC(C)c1ccc(-c2c(Cl)ccc3nsnc23)o1. The summed E-state index contributed by atoms with van der Waals surface area (Å²) in [5, 5.41) is 3.95. The van der Waals surface area contributed by atoms with Crippen molar-refractivity contribution in [2.75, 3.05) is 6.54 Å². The summed E-state index contributed by atoms with van der Waals surface area (Å²) in [6, 6.07) is 7.77. The van der Waals surface area contributed by atoms with Gasteiger partial charge in [0.1, 0.15) is 22.6 Å². The molecule has 1 atom stereocenters. The molecule has 1 N–H and O–H groups in total. The lowest BCUT2D eigenvalue weighted by molar-refractivity contribution is 0.445. The van der Waals surface area contributed by atoms with Crippen molar-refractivity contribution in [1.29, 1.82) is 0 Å². The van der Waals surface area contributed by atoms with E-state index >= 15 is 0 Å². The lowest BCUT2D eigenvalue weighted by atomic mass is 10.1. The fourth-order valence-electron chi connectivity index (χ4n) is 2.19. The summed E-state index contributed by atoms with van der Waals surface area (Å²) in [7, 11) is 0. The second-order valence-electron chi connectivity index (χ2n) is 4.54. The van der Waals surface area contributed by atoms with Crippen molar-refractivity contribution in [3.8, 4) is 11.3 Å². The fourth-order valence-corrected chi connectivity index (χ4v) is 2.98. The second-order valence-corrected chi connectivity index (χ2v) is 5.47. The monoisotopic (exact) mass is 307 g/mol. The third-order valence-electron chi connectivity index (χ3n) is 3.19. The molecule has 20 heavy (non-hydrogen) atoms. The van der Waals surface area contributed by atoms with Gasteiger partial charge >= 0.3 is 0 Å². The minimum Gasteiger partial charge on any atom is -0.459 e. The van der Waals surface area contributed by atoms with Crippen LogP contribution in [0.4, 0.5) is 0 Å². The van der Waals surface area contributed by atoms with Gasteiger partial charge in [-0.2, -0.15) is 8.75 Å². The highest BCUT2D eigenvalue weighted by Gasteiger charge is 2.17. The van der Waals surface area contributed by atoms with Gasteiger partial charge in [0.15, 0.2) is 0 Å². The molecule has 0 aliphatic carbocycles. The van der Waals surface area contributed by atoms with Crippen molar-refractivity contribution in [2.45, 2.75) is 19.9 Å². The lowest BCUT2D eigenvalue weighted by Crippen LogP contribution is -2.16. The number of furan rings is 1. The van der Waals surface area contributed by atoms with Crippen LogP contribution < -0.4 is 5.32 Å². The quantitative estimate of drug-likeness (QED) is 0.782. The molecule has 1 unspecified atom stereocenters. The number of nitrogens with zero attached hydrogens (tertiary/aromatic N) is 2. The first-order chi connectivity index (χ1) is 9.70. The van der Waals surface area contributed by atoms with Crippen LogP contribution in [0.2, 0.25) is 5.02 Å². The van der Waals surface area contributed by atoms with Crippen LogP contribution in [0.3, 0.4) is 0 Å². The zero-order valence-electron chi connectivity index (χ0n) is 11.2. The van der Waals surface area contributed by atoms with Gasteiger partial charge in [-0.1, -0.05) is 18.5 Å². The summed E-state index contributed by atoms with van der Waals surface area (Å²) in [6.45, 7) is 5.03. The predicted molar refractivity (Wildman–Crippen MR) is 82.2 cm³/mol. The van der Waals surface area contributed by atoms with Crippen LogP contribution in [0, 0.1) is 0 Å². The van der Waals surface area contributed by atoms with Gasteiger partial charge in [-0.25, -0.2) is 0 Å². The molecule has 104 valence electrons. The summed E-state index contributed by atoms with van der Waals surface area (Å²) >= 11 is 7.48. The van der Waals surface area contributed by atoms with Gasteiger partial charge in [-0.05, 0) is 37.7 Å². The number of rotatable bonds is 4. The normalized spacial score (nSPS) is 12.9. The van der Waals surface area contributed by atoms with Crippen LogP contribution in [0.15, 0.2) is 28.7 Å². The van der Waals surface area contributed by atoms with E-state index in [-0.39, 0.29) is 6.04 Å². The summed E-state index contributed by atoms with van der Waals surface area (Å²) in [5.74, 6) is 1.62. The Hall–Kier alpha value is -1.43. The highest BCUT2D eigenvalue weighted by Crippen LogP contribution is 2.36. The standard InChI is InChI=1S/C14H14ClN3OS/c1-3-16-8(2)11-6-7-12(19-11)13-9(15)4-5-10-14(13)18-20-17-10/h4-8,16H,3H2,1-2H3. The zero-order chi connectivity index (χ0) is 14.1. The highest BCUT2D eigenvalue weighted by molar-refractivity contribution is 7.00. The van der Waals surface area contributed by atoms with E-state index in [9.17, 15) is 0 Å². The maximum Gasteiger partial charge on any atom is 0.138 e. The molecule has 2 aromatic heterocycles. The third-order valence-corrected chi connectivity index (χ3v) is 4.04. The number of benzene rings is 1. The minimum atomic E-state index is 0.167. The zero-order valence-corrected chi connectivity index (χ0v) is 12.8. The molecule has 0 fully saturated rings. The van der Waals surface area contributed by atoms with Crippen LogP contribution in [0.5, 0.6) is 0 Å². The summed E-state index contributed by atoms with van der Waals surface area (Å²) in [6.07, 6.45) is 0. The van der Waals surface area contributed by atoms with E-state index in [1.165, 1.54) is 11.7 Å². The van der Waals surface area contributed by atoms with Gasteiger partial charge < -0.3 is 9.73 Å². The van der Waals surface area contributed by atoms with Crippen molar-refractivity contribution in [2.24, 2.45) is 0 Å². The largest absolute Gasteiger partial charge is 0.459 e. The summed E-state index contributed by atoms with van der Waals surface area (Å²) in [4.78, 5) is 0. The molecule has 3 rings (SSSR count). The Morgan fingerprint density at radius 1 is 1.30 bits per heavy atom. The van der Waals surface area contributed by atoms with Gasteiger partial charge in [0, 0.05) is 0 Å². The molecule has 0 radical (unpaired) electrons. The molecule has 0 amide bonds. The molecule has 0 saturated heterocycles. The van der Waals surface area contributed by atoms with Crippen molar-refractivity contribution >= 4 is 34.4 Å². The van der Waals surface area contributed by atoms with E-state index in [4.69, 9.17) is 16.0 Å². The smallest absolute Gasteiger partial charge is 0.138 e. The average molecular weight is 308 g/mol. The van der Waals surface area contributed by atoms with E-state index < -0.39 is 0 Å². The van der Waals surface area contributed by atoms with Gasteiger partial charge in [0.2, 0.25) is 0 Å². The Labute approximate surface area is 126 Å². The number of hydrogen-bond acceptors (Lipinski definition) is 5. The third kappa shape index (κ3) is 2.32. The number of halogens is 1. The van der Waals surface area contributed by atoms with Crippen molar-refractivity contribution in [3.63, 3.8) is 0 Å². The van der Waals surface area contributed by atoms with Gasteiger partial charge in [0.25, 0.3) is 0 Å². The van der Waals surface area contributed by atoms with E-state index in [1.54, 1.807) is 0 Å². The second kappa shape index (κ2) is 5.52. The van der Waals surface area contributed by atoms with E-state index in [1.807, 2.05) is 24.3 Å². The Kier molecular flexibility index (Phi) is 3.74. The molecule has 0 aliphatic heterocycles. The average Bonchev–Trinajstić information content (AvgIpc) is 3.07. The topological polar surface area (TPSA) is 51.0 Å². The van der Waals surface area contributed by atoms with E-state index in [0.717, 1.165) is 34.7 Å². The number of fused-ring (bicyclic) bond motifs is 1. The lowest BCUT2D eigenvalue weighted by Gasteiger charge is -2.08. The summed E-state index contributed by atoms with van der Waals surface area (Å²) in [5.41, 5.74) is 2.44. The first-order valence-electron chi connectivity index (χ1n) is 6.45. The minimum absolute atomic E-state index is 0.167. The van der Waals surface area contributed by atoms with Crippen LogP contribution >= 0.6 is 23.3 Å². The Morgan fingerprint density at radius 2 is 2.15 bits per heavy atom. The number of hydrogen-bond donors (Lipinski definition) is 1. The molecular formula is C14H14ClN3OS. The molecule has 0 saturated carbocycles. The molecule has 0 spiro atoms. The molecule has 1 aromatic carbocycles. The van der Waals surface area contributed by atoms with Gasteiger partial charge in [0.05, 0.1) is 28.4 Å². The van der Waals surface area contributed by atoms with Crippen molar-refractivity contribution in [3.05, 3.63) is 35.0 Å². The first kappa shape index (κ1) is 13.5. The van der Waals surface area contributed by atoms with Gasteiger partial charge in [-0.3, -0.25) is 0 Å². The van der Waals surface area contributed by atoms with Crippen LogP contribution in [0.25, 0.3) is 22.4 Å². The Morgan fingerprint density at radius 3 is 2.95 bits per heavy atom. The maximum atomic E-state index is 6.31. The molecule has 4 nitrogen and oxygen atoms in total. The fraction of sp³-hybridized carbons (Fsp3) is 0.286. The van der Waals surface area contributed by atoms with E-state index in [0.29, 0.717) is 5.02 Å². The molecular weight excluding hydrogens is 294 g/mol. The molecule has 6 heteroatoms. The molecule has 0 bridgehead atoms. The number of nitrogens with one attached hydrogen (secondary N) is 1. The Balaban J connectivity index is 2.07. The van der Waals surface area contributed by atoms with Gasteiger partial charge in [-0.15, -0.1) is 0 Å². The molecule has 0 aliphatic rings. The predicted octanol–water partition coefficient (Wildman–Crippen LogP) is 4.28. The first-order valence-corrected chi connectivity index (χ1v) is 7.55. The van der Waals surface area contributed by atoms with E-state index in [2.05, 4.69) is 27.9 Å². The summed E-state index contributed by atoms with van der Waals surface area (Å²) < 4.78 is 14.5. The van der Waals surface area contributed by atoms with Crippen LogP contribution in [0.1, 0.15) is 25.6 Å². The Bertz CT molecular complexity index is 737. The highest BCUT2D eigenvalue weighted by atomic mass is 35.5.